The number of benzene rings is 1. The van der Waals surface area contributed by atoms with E-state index < -0.39 is 0 Å². The van der Waals surface area contributed by atoms with Crippen molar-refractivity contribution >= 4 is 17.7 Å². The fourth-order valence-electron chi connectivity index (χ4n) is 4.06. The van der Waals surface area contributed by atoms with Gasteiger partial charge in [0.1, 0.15) is 0 Å². The molecule has 1 aromatic carbocycles. The lowest BCUT2D eigenvalue weighted by molar-refractivity contribution is -0.134. The molecule has 0 bridgehead atoms. The van der Waals surface area contributed by atoms with Gasteiger partial charge in [-0.2, -0.15) is 0 Å². The standard InChI is InChI=1S/C21H27N3O3/c25-19-12-17(14-24(19)13-15-4-2-1-3-5-15)20(26)22-18-8-10-23(11-9-18)21(27)16-6-7-16/h1-5,16-18H,6-14H2,(H,22,26). The Bertz CT molecular complexity index is 709. The summed E-state index contributed by atoms with van der Waals surface area (Å²) in [4.78, 5) is 40.7. The molecular weight excluding hydrogens is 342 g/mol. The van der Waals surface area contributed by atoms with Crippen LogP contribution in [0.2, 0.25) is 0 Å². The molecule has 3 aliphatic rings. The molecule has 3 fully saturated rings. The van der Waals surface area contributed by atoms with E-state index in [1.807, 2.05) is 35.2 Å². The predicted octanol–water partition coefficient (Wildman–Crippen LogP) is 1.55. The smallest absolute Gasteiger partial charge is 0.225 e. The number of likely N-dealkylation sites (tertiary alicyclic amines) is 2. The second-order valence-corrected chi connectivity index (χ2v) is 8.04. The minimum atomic E-state index is -0.271. The van der Waals surface area contributed by atoms with Crippen molar-refractivity contribution in [3.05, 3.63) is 35.9 Å². The maximum Gasteiger partial charge on any atom is 0.225 e. The van der Waals surface area contributed by atoms with Crippen LogP contribution in [0.3, 0.4) is 0 Å². The first-order valence-corrected chi connectivity index (χ1v) is 10.0. The van der Waals surface area contributed by atoms with Crippen LogP contribution in [0.25, 0.3) is 0 Å². The number of hydrogen-bond donors (Lipinski definition) is 1. The SMILES string of the molecule is O=C(NC1CCN(C(=O)C2CC2)CC1)C1CC(=O)N(Cc2ccccc2)C1. The number of rotatable bonds is 5. The Labute approximate surface area is 159 Å². The number of piperidine rings is 1. The average Bonchev–Trinajstić information content (AvgIpc) is 3.47. The summed E-state index contributed by atoms with van der Waals surface area (Å²) < 4.78 is 0. The largest absolute Gasteiger partial charge is 0.353 e. The zero-order valence-corrected chi connectivity index (χ0v) is 15.6. The lowest BCUT2D eigenvalue weighted by Gasteiger charge is -2.33. The van der Waals surface area contributed by atoms with Crippen molar-refractivity contribution in [1.82, 2.24) is 15.1 Å². The van der Waals surface area contributed by atoms with Gasteiger partial charge in [-0.3, -0.25) is 14.4 Å². The second-order valence-electron chi connectivity index (χ2n) is 8.04. The van der Waals surface area contributed by atoms with Crippen molar-refractivity contribution < 1.29 is 14.4 Å². The Morgan fingerprint density at radius 2 is 1.70 bits per heavy atom. The van der Waals surface area contributed by atoms with Gasteiger partial charge in [0.2, 0.25) is 17.7 Å². The first-order valence-electron chi connectivity index (χ1n) is 10.0. The van der Waals surface area contributed by atoms with Crippen LogP contribution in [0, 0.1) is 11.8 Å². The number of nitrogens with zero attached hydrogens (tertiary/aromatic N) is 2. The number of carbonyl (C=O) groups excluding carboxylic acids is 3. The van der Waals surface area contributed by atoms with Crippen LogP contribution in [0.1, 0.15) is 37.7 Å². The van der Waals surface area contributed by atoms with Gasteiger partial charge in [-0.1, -0.05) is 30.3 Å². The number of nitrogens with one attached hydrogen (secondary N) is 1. The molecule has 1 N–H and O–H groups in total. The molecule has 1 atom stereocenters. The number of hydrogen-bond acceptors (Lipinski definition) is 3. The highest BCUT2D eigenvalue weighted by molar-refractivity contribution is 5.89. The van der Waals surface area contributed by atoms with Crippen LogP contribution < -0.4 is 5.32 Å². The molecule has 1 aliphatic carbocycles. The molecule has 1 saturated carbocycles. The molecule has 144 valence electrons. The van der Waals surface area contributed by atoms with Crippen molar-refractivity contribution in [1.29, 1.82) is 0 Å². The maximum absolute atomic E-state index is 12.6. The summed E-state index contributed by atoms with van der Waals surface area (Å²) in [7, 11) is 0. The fraction of sp³-hybridized carbons (Fsp3) is 0.571. The zero-order valence-electron chi connectivity index (χ0n) is 15.6. The second kappa shape index (κ2) is 7.71. The van der Waals surface area contributed by atoms with E-state index in [4.69, 9.17) is 0 Å². The van der Waals surface area contributed by atoms with Crippen LogP contribution in [-0.4, -0.2) is 53.2 Å². The highest BCUT2D eigenvalue weighted by Gasteiger charge is 2.37. The summed E-state index contributed by atoms with van der Waals surface area (Å²) in [6.45, 7) is 2.50. The normalized spacial score (nSPS) is 23.6. The summed E-state index contributed by atoms with van der Waals surface area (Å²) in [6.07, 6.45) is 3.96. The molecular formula is C21H27N3O3. The van der Waals surface area contributed by atoms with Crippen molar-refractivity contribution in [2.75, 3.05) is 19.6 Å². The van der Waals surface area contributed by atoms with Gasteiger partial charge in [-0.05, 0) is 31.2 Å². The maximum atomic E-state index is 12.6. The quantitative estimate of drug-likeness (QED) is 0.856. The summed E-state index contributed by atoms with van der Waals surface area (Å²) in [6, 6.07) is 9.98. The third kappa shape index (κ3) is 4.31. The van der Waals surface area contributed by atoms with Crippen LogP contribution in [0.5, 0.6) is 0 Å². The lowest BCUT2D eigenvalue weighted by atomic mass is 10.0. The molecule has 2 saturated heterocycles. The molecule has 2 aliphatic heterocycles. The Hall–Kier alpha value is -2.37. The molecule has 0 radical (unpaired) electrons. The molecule has 1 unspecified atom stereocenters. The highest BCUT2D eigenvalue weighted by Crippen LogP contribution is 2.32. The Morgan fingerprint density at radius 3 is 2.37 bits per heavy atom. The molecule has 2 heterocycles. The zero-order chi connectivity index (χ0) is 18.8. The van der Waals surface area contributed by atoms with Gasteiger partial charge >= 0.3 is 0 Å². The van der Waals surface area contributed by atoms with Crippen molar-refractivity contribution in [3.8, 4) is 0 Å². The first-order chi connectivity index (χ1) is 13.1. The Kier molecular flexibility index (Phi) is 5.14. The van der Waals surface area contributed by atoms with Crippen LogP contribution >= 0.6 is 0 Å². The summed E-state index contributed by atoms with van der Waals surface area (Å²) in [5.41, 5.74) is 1.08. The van der Waals surface area contributed by atoms with E-state index in [0.717, 1.165) is 44.3 Å². The van der Waals surface area contributed by atoms with Gasteiger partial charge < -0.3 is 15.1 Å². The van der Waals surface area contributed by atoms with Crippen molar-refractivity contribution in [2.45, 2.75) is 44.7 Å². The van der Waals surface area contributed by atoms with E-state index in [9.17, 15) is 14.4 Å². The fourth-order valence-corrected chi connectivity index (χ4v) is 4.06. The van der Waals surface area contributed by atoms with E-state index in [2.05, 4.69) is 5.32 Å². The minimum absolute atomic E-state index is 0.0223. The lowest BCUT2D eigenvalue weighted by Crippen LogP contribution is -2.48. The van der Waals surface area contributed by atoms with E-state index in [-0.39, 0.29) is 42.0 Å². The topological polar surface area (TPSA) is 69.7 Å². The van der Waals surface area contributed by atoms with Crippen molar-refractivity contribution in [2.24, 2.45) is 11.8 Å². The molecule has 4 rings (SSSR count). The summed E-state index contributed by atoms with van der Waals surface area (Å²) in [5.74, 6) is 0.302. The van der Waals surface area contributed by atoms with Gasteiger partial charge in [0.05, 0.1) is 5.92 Å². The van der Waals surface area contributed by atoms with Gasteiger partial charge in [0.15, 0.2) is 0 Å². The van der Waals surface area contributed by atoms with Crippen LogP contribution in [-0.2, 0) is 20.9 Å². The Morgan fingerprint density at radius 1 is 1.00 bits per heavy atom. The third-order valence-corrected chi connectivity index (χ3v) is 5.88. The first kappa shape index (κ1) is 18.0. The molecule has 3 amide bonds. The van der Waals surface area contributed by atoms with Gasteiger partial charge in [-0.15, -0.1) is 0 Å². The molecule has 6 nitrogen and oxygen atoms in total. The predicted molar refractivity (Wildman–Crippen MR) is 100 cm³/mol. The minimum Gasteiger partial charge on any atom is -0.353 e. The summed E-state index contributed by atoms with van der Waals surface area (Å²) in [5, 5.41) is 3.11. The van der Waals surface area contributed by atoms with Gasteiger partial charge in [0.25, 0.3) is 0 Å². The molecule has 0 spiro atoms. The summed E-state index contributed by atoms with van der Waals surface area (Å²) >= 11 is 0. The molecule has 1 aromatic rings. The molecule has 27 heavy (non-hydrogen) atoms. The monoisotopic (exact) mass is 369 g/mol. The van der Waals surface area contributed by atoms with E-state index >= 15 is 0 Å². The van der Waals surface area contributed by atoms with Gasteiger partial charge in [0, 0.05) is 44.6 Å². The van der Waals surface area contributed by atoms with Crippen molar-refractivity contribution in [3.63, 3.8) is 0 Å². The third-order valence-electron chi connectivity index (χ3n) is 5.88. The van der Waals surface area contributed by atoms with Gasteiger partial charge in [-0.25, -0.2) is 0 Å². The highest BCUT2D eigenvalue weighted by atomic mass is 16.2. The average molecular weight is 369 g/mol. The molecule has 0 aromatic heterocycles. The Balaban J connectivity index is 1.24. The number of carbonyl (C=O) groups is 3. The molecule has 6 heteroatoms. The van der Waals surface area contributed by atoms with E-state index in [0.29, 0.717) is 13.1 Å². The number of amides is 3. The van der Waals surface area contributed by atoms with Crippen LogP contribution in [0.15, 0.2) is 30.3 Å². The van der Waals surface area contributed by atoms with E-state index in [1.54, 1.807) is 4.90 Å². The van der Waals surface area contributed by atoms with E-state index in [1.165, 1.54) is 0 Å². The van der Waals surface area contributed by atoms with Crippen LogP contribution in [0.4, 0.5) is 0 Å².